The second-order valence-electron chi connectivity index (χ2n) is 6.42. The van der Waals surface area contributed by atoms with E-state index in [1.165, 1.54) is 25.2 Å². The molecule has 0 aliphatic carbocycles. The normalized spacial score (nSPS) is 14.8. The first kappa shape index (κ1) is 17.6. The van der Waals surface area contributed by atoms with Crippen LogP contribution in [0.2, 0.25) is 0 Å². The summed E-state index contributed by atoms with van der Waals surface area (Å²) in [4.78, 5) is 14.6. The smallest absolute Gasteiger partial charge is 0.254 e. The standard InChI is InChI=1S/C19H24FN3O2/c1-21-11-17-9-16(13-25-17)19(24)22-10-15-8-14(4-5-18(15)20)12-23-6-2-3-7-23/h4-5,8-9,13,21H,2-3,6-7,10-12H2,1H3,(H,22,24). The number of carbonyl (C=O) groups excluding carboxylic acids is 1. The fraction of sp³-hybridized carbons (Fsp3) is 0.421. The van der Waals surface area contributed by atoms with Gasteiger partial charge in [-0.05, 0) is 56.7 Å². The van der Waals surface area contributed by atoms with Gasteiger partial charge < -0.3 is 15.1 Å². The summed E-state index contributed by atoms with van der Waals surface area (Å²) in [5.74, 6) is 0.121. The van der Waals surface area contributed by atoms with Crippen molar-refractivity contribution in [3.8, 4) is 0 Å². The van der Waals surface area contributed by atoms with Gasteiger partial charge in [0.25, 0.3) is 5.91 Å². The van der Waals surface area contributed by atoms with Gasteiger partial charge in [0, 0.05) is 18.7 Å². The number of halogens is 1. The van der Waals surface area contributed by atoms with Crippen LogP contribution in [0.25, 0.3) is 0 Å². The molecule has 0 unspecified atom stereocenters. The van der Waals surface area contributed by atoms with Crippen LogP contribution in [0, 0.1) is 5.82 Å². The monoisotopic (exact) mass is 345 g/mol. The number of hydrogen-bond acceptors (Lipinski definition) is 4. The van der Waals surface area contributed by atoms with Gasteiger partial charge in [-0.25, -0.2) is 4.39 Å². The summed E-state index contributed by atoms with van der Waals surface area (Å²) in [6.07, 6.45) is 3.87. The van der Waals surface area contributed by atoms with Gasteiger partial charge in [-0.15, -0.1) is 0 Å². The van der Waals surface area contributed by atoms with E-state index >= 15 is 0 Å². The molecule has 1 aromatic carbocycles. The summed E-state index contributed by atoms with van der Waals surface area (Å²) in [7, 11) is 1.81. The molecule has 1 aliphatic rings. The topological polar surface area (TPSA) is 57.5 Å². The van der Waals surface area contributed by atoms with E-state index in [4.69, 9.17) is 4.42 Å². The predicted molar refractivity (Wildman–Crippen MR) is 93.6 cm³/mol. The first-order valence-corrected chi connectivity index (χ1v) is 8.65. The Morgan fingerprint density at radius 2 is 2.04 bits per heavy atom. The van der Waals surface area contributed by atoms with Crippen LogP contribution in [0.15, 0.2) is 34.9 Å². The molecule has 0 atom stereocenters. The highest BCUT2D eigenvalue weighted by molar-refractivity contribution is 5.93. The van der Waals surface area contributed by atoms with E-state index in [-0.39, 0.29) is 18.3 Å². The van der Waals surface area contributed by atoms with Gasteiger partial charge in [0.05, 0.1) is 12.1 Å². The van der Waals surface area contributed by atoms with Crippen molar-refractivity contribution in [2.24, 2.45) is 0 Å². The zero-order valence-corrected chi connectivity index (χ0v) is 14.5. The third-order valence-electron chi connectivity index (χ3n) is 4.42. The Bertz CT molecular complexity index is 723. The summed E-state index contributed by atoms with van der Waals surface area (Å²) < 4.78 is 19.3. The molecule has 134 valence electrons. The molecule has 0 radical (unpaired) electrons. The van der Waals surface area contributed by atoms with Crippen LogP contribution in [0.5, 0.6) is 0 Å². The fourth-order valence-electron chi connectivity index (χ4n) is 3.11. The lowest BCUT2D eigenvalue weighted by Crippen LogP contribution is -2.23. The van der Waals surface area contributed by atoms with Crippen molar-refractivity contribution >= 4 is 5.91 Å². The van der Waals surface area contributed by atoms with Gasteiger partial charge in [-0.3, -0.25) is 9.69 Å². The van der Waals surface area contributed by atoms with Gasteiger partial charge in [-0.1, -0.05) is 6.07 Å². The molecule has 0 saturated carbocycles. The zero-order valence-electron chi connectivity index (χ0n) is 14.5. The van der Waals surface area contributed by atoms with Gasteiger partial charge in [0.1, 0.15) is 17.8 Å². The number of benzene rings is 1. The van der Waals surface area contributed by atoms with Crippen LogP contribution in [0.3, 0.4) is 0 Å². The highest BCUT2D eigenvalue weighted by atomic mass is 19.1. The van der Waals surface area contributed by atoms with Crippen molar-refractivity contribution in [2.45, 2.75) is 32.5 Å². The van der Waals surface area contributed by atoms with Gasteiger partial charge >= 0.3 is 0 Å². The maximum Gasteiger partial charge on any atom is 0.254 e. The first-order chi connectivity index (χ1) is 12.2. The van der Waals surface area contributed by atoms with E-state index in [2.05, 4.69) is 15.5 Å². The second kappa shape index (κ2) is 8.27. The Balaban J connectivity index is 1.60. The van der Waals surface area contributed by atoms with Crippen molar-refractivity contribution < 1.29 is 13.6 Å². The Labute approximate surface area is 147 Å². The minimum absolute atomic E-state index is 0.158. The molecule has 1 fully saturated rings. The minimum Gasteiger partial charge on any atom is -0.467 e. The van der Waals surface area contributed by atoms with Gasteiger partial charge in [-0.2, -0.15) is 0 Å². The quantitative estimate of drug-likeness (QED) is 0.810. The molecule has 0 spiro atoms. The van der Waals surface area contributed by atoms with E-state index in [1.54, 1.807) is 13.1 Å². The number of nitrogens with one attached hydrogen (secondary N) is 2. The molecule has 25 heavy (non-hydrogen) atoms. The molecule has 6 heteroatoms. The number of hydrogen-bond donors (Lipinski definition) is 2. The molecular weight excluding hydrogens is 321 g/mol. The summed E-state index contributed by atoms with van der Waals surface area (Å²) in [5.41, 5.74) is 2.02. The van der Waals surface area contributed by atoms with Crippen molar-refractivity contribution in [2.75, 3.05) is 20.1 Å². The number of nitrogens with zero attached hydrogens (tertiary/aromatic N) is 1. The van der Waals surface area contributed by atoms with E-state index < -0.39 is 0 Å². The third-order valence-corrected chi connectivity index (χ3v) is 4.42. The SMILES string of the molecule is CNCc1cc(C(=O)NCc2cc(CN3CCCC3)ccc2F)co1. The molecule has 1 aromatic heterocycles. The molecule has 2 N–H and O–H groups in total. The zero-order chi connectivity index (χ0) is 17.6. The van der Waals surface area contributed by atoms with E-state index in [0.717, 1.165) is 25.2 Å². The van der Waals surface area contributed by atoms with Crippen LogP contribution in [0.1, 0.15) is 40.1 Å². The number of likely N-dealkylation sites (tertiary alicyclic amines) is 1. The molecular formula is C19H24FN3O2. The Hall–Kier alpha value is -2.18. The van der Waals surface area contributed by atoms with Crippen LogP contribution in [0.4, 0.5) is 4.39 Å². The lowest BCUT2D eigenvalue weighted by atomic mass is 10.1. The van der Waals surface area contributed by atoms with Crippen molar-refractivity contribution in [3.05, 3.63) is 58.8 Å². The van der Waals surface area contributed by atoms with Crippen LogP contribution < -0.4 is 10.6 Å². The predicted octanol–water partition coefficient (Wildman–Crippen LogP) is 2.66. The van der Waals surface area contributed by atoms with Crippen LogP contribution in [-0.2, 0) is 19.6 Å². The Kier molecular flexibility index (Phi) is 5.83. The van der Waals surface area contributed by atoms with Crippen molar-refractivity contribution in [1.82, 2.24) is 15.5 Å². The van der Waals surface area contributed by atoms with E-state index in [0.29, 0.717) is 23.4 Å². The lowest BCUT2D eigenvalue weighted by Gasteiger charge is -2.15. The molecule has 2 aromatic rings. The number of amides is 1. The van der Waals surface area contributed by atoms with Crippen LogP contribution in [-0.4, -0.2) is 30.9 Å². The minimum atomic E-state index is -0.298. The van der Waals surface area contributed by atoms with Gasteiger partial charge in [0.2, 0.25) is 0 Å². The molecule has 0 bridgehead atoms. The lowest BCUT2D eigenvalue weighted by molar-refractivity contribution is 0.0950. The summed E-state index contributed by atoms with van der Waals surface area (Å²) in [6, 6.07) is 6.83. The molecule has 1 amide bonds. The van der Waals surface area contributed by atoms with Crippen LogP contribution >= 0.6 is 0 Å². The Morgan fingerprint density at radius 1 is 1.24 bits per heavy atom. The van der Waals surface area contributed by atoms with Crippen molar-refractivity contribution in [1.29, 1.82) is 0 Å². The third kappa shape index (κ3) is 4.67. The summed E-state index contributed by atoms with van der Waals surface area (Å²) >= 11 is 0. The number of rotatable bonds is 7. The number of carbonyl (C=O) groups is 1. The Morgan fingerprint density at radius 3 is 2.80 bits per heavy atom. The average Bonchev–Trinajstić information content (AvgIpc) is 3.27. The molecule has 1 aliphatic heterocycles. The second-order valence-corrected chi connectivity index (χ2v) is 6.42. The number of furan rings is 1. The van der Waals surface area contributed by atoms with Gasteiger partial charge in [0.15, 0.2) is 0 Å². The summed E-state index contributed by atoms with van der Waals surface area (Å²) in [5, 5.41) is 5.72. The molecule has 3 rings (SSSR count). The molecule has 5 nitrogen and oxygen atoms in total. The van der Waals surface area contributed by atoms with E-state index in [1.807, 2.05) is 12.1 Å². The summed E-state index contributed by atoms with van der Waals surface area (Å²) in [6.45, 7) is 3.74. The average molecular weight is 345 g/mol. The van der Waals surface area contributed by atoms with Crippen molar-refractivity contribution in [3.63, 3.8) is 0 Å². The molecule has 2 heterocycles. The maximum atomic E-state index is 14.0. The maximum absolute atomic E-state index is 14.0. The fourth-order valence-corrected chi connectivity index (χ4v) is 3.11. The molecule has 1 saturated heterocycles. The first-order valence-electron chi connectivity index (χ1n) is 8.65. The highest BCUT2D eigenvalue weighted by Gasteiger charge is 2.14. The van der Waals surface area contributed by atoms with E-state index in [9.17, 15) is 9.18 Å². The largest absolute Gasteiger partial charge is 0.467 e. The highest BCUT2D eigenvalue weighted by Crippen LogP contribution is 2.16.